The van der Waals surface area contributed by atoms with Crippen molar-refractivity contribution < 1.29 is 17.9 Å². The minimum Gasteiger partial charge on any atom is -0.494 e. The minimum absolute atomic E-state index is 0.0461. The number of carbonyl (C=O) groups is 1. The van der Waals surface area contributed by atoms with Gasteiger partial charge < -0.3 is 9.64 Å². The zero-order chi connectivity index (χ0) is 24.6. The van der Waals surface area contributed by atoms with E-state index in [2.05, 4.69) is 20.8 Å². The number of hydrogen-bond donors (Lipinski definition) is 0. The van der Waals surface area contributed by atoms with Gasteiger partial charge in [0.1, 0.15) is 5.75 Å². The second-order valence-corrected chi connectivity index (χ2v) is 11.7. The predicted molar refractivity (Wildman–Crippen MR) is 141 cm³/mol. The summed E-state index contributed by atoms with van der Waals surface area (Å²) in [4.78, 5) is 14.8. The first-order chi connectivity index (χ1) is 16.3. The van der Waals surface area contributed by atoms with E-state index in [1.807, 2.05) is 42.5 Å². The number of sulfonamides is 1. The maximum atomic E-state index is 12.4. The Balaban J connectivity index is 1.37. The van der Waals surface area contributed by atoms with Gasteiger partial charge in [0.05, 0.1) is 12.4 Å². The molecule has 1 saturated heterocycles. The highest BCUT2D eigenvalue weighted by atomic mass is 79.9. The Hall–Kier alpha value is -2.00. The van der Waals surface area contributed by atoms with Crippen LogP contribution < -0.4 is 4.74 Å². The number of benzene rings is 2. The number of allylic oxidation sites excluding steroid dienone is 1. The summed E-state index contributed by atoms with van der Waals surface area (Å²) < 4.78 is 32.5. The lowest BCUT2D eigenvalue weighted by molar-refractivity contribution is 0.104. The number of nitrogens with zero attached hydrogens (tertiary/aromatic N) is 2. The second-order valence-electron chi connectivity index (χ2n) is 8.47. The number of ketones is 1. The molecule has 0 radical (unpaired) electrons. The fourth-order valence-corrected chi connectivity index (χ4v) is 5.31. The van der Waals surface area contributed by atoms with E-state index < -0.39 is 10.0 Å². The molecule has 2 aromatic rings. The van der Waals surface area contributed by atoms with Crippen molar-refractivity contribution in [3.8, 4) is 5.75 Å². The van der Waals surface area contributed by atoms with Gasteiger partial charge in [0.25, 0.3) is 0 Å². The predicted octanol–water partition coefficient (Wildman–Crippen LogP) is 4.86. The van der Waals surface area contributed by atoms with E-state index in [1.54, 1.807) is 36.5 Å². The molecule has 1 heterocycles. The highest BCUT2D eigenvalue weighted by Gasteiger charge is 2.28. The van der Waals surface area contributed by atoms with Crippen LogP contribution in [-0.4, -0.2) is 68.5 Å². The third kappa shape index (κ3) is 7.77. The van der Waals surface area contributed by atoms with Gasteiger partial charge in [0.2, 0.25) is 10.0 Å². The van der Waals surface area contributed by atoms with Crippen molar-refractivity contribution in [2.45, 2.75) is 32.2 Å². The quantitative estimate of drug-likeness (QED) is 0.228. The van der Waals surface area contributed by atoms with Crippen LogP contribution in [-0.2, 0) is 10.0 Å². The van der Waals surface area contributed by atoms with Gasteiger partial charge in [-0.1, -0.05) is 34.1 Å². The Morgan fingerprint density at radius 3 is 2.38 bits per heavy atom. The molecule has 0 N–H and O–H groups in total. The lowest BCUT2D eigenvalue weighted by Crippen LogP contribution is -2.46. The van der Waals surface area contributed by atoms with Crippen molar-refractivity contribution >= 4 is 37.8 Å². The first-order valence-corrected chi connectivity index (χ1v) is 14.1. The average Bonchev–Trinajstić information content (AvgIpc) is 2.86. The van der Waals surface area contributed by atoms with Gasteiger partial charge >= 0.3 is 0 Å². The Morgan fingerprint density at radius 2 is 1.76 bits per heavy atom. The molecule has 0 amide bonds. The number of carbonyl (C=O) groups excluding carboxylic acids is 1. The standard InChI is InChI=1S/C26H33BrN2O4S/c1-3-34(31,32)28(2)24-15-18-29(19-16-24)17-4-20-33-25-12-8-22(9-13-25)26(30)14-7-21-5-10-23(27)11-6-21/h5-14,24H,3-4,15-20H2,1-2H3. The summed E-state index contributed by atoms with van der Waals surface area (Å²) in [5.74, 6) is 0.854. The Bertz CT molecular complexity index is 1060. The van der Waals surface area contributed by atoms with Gasteiger partial charge in [-0.25, -0.2) is 12.7 Å². The lowest BCUT2D eigenvalue weighted by Gasteiger charge is -2.36. The molecule has 0 aromatic heterocycles. The third-order valence-corrected chi connectivity index (χ3v) is 8.63. The number of ether oxygens (including phenoxy) is 1. The van der Waals surface area contributed by atoms with Gasteiger partial charge in [-0.05, 0) is 87.3 Å². The molecule has 1 aliphatic heterocycles. The topological polar surface area (TPSA) is 66.9 Å². The van der Waals surface area contributed by atoms with E-state index in [4.69, 9.17) is 4.74 Å². The summed E-state index contributed by atoms with van der Waals surface area (Å²) in [6, 6.07) is 15.1. The number of rotatable bonds is 11. The largest absolute Gasteiger partial charge is 0.494 e. The molecule has 2 aromatic carbocycles. The highest BCUT2D eigenvalue weighted by molar-refractivity contribution is 9.10. The van der Waals surface area contributed by atoms with Gasteiger partial charge in [-0.2, -0.15) is 0 Å². The molecule has 34 heavy (non-hydrogen) atoms. The zero-order valence-corrected chi connectivity index (χ0v) is 22.2. The van der Waals surface area contributed by atoms with Gasteiger partial charge in [-0.15, -0.1) is 0 Å². The second kappa shape index (κ2) is 12.6. The Morgan fingerprint density at radius 1 is 1.12 bits per heavy atom. The van der Waals surface area contributed by atoms with Crippen LogP contribution in [0.4, 0.5) is 0 Å². The smallest absolute Gasteiger partial charge is 0.213 e. The van der Waals surface area contributed by atoms with E-state index in [0.717, 1.165) is 54.7 Å². The van der Waals surface area contributed by atoms with Crippen LogP contribution in [0.1, 0.15) is 42.1 Å². The van der Waals surface area contributed by atoms with E-state index in [9.17, 15) is 13.2 Å². The molecule has 0 saturated carbocycles. The molecule has 184 valence electrons. The first kappa shape index (κ1) is 26.6. The summed E-state index contributed by atoms with van der Waals surface area (Å²) in [5.41, 5.74) is 1.59. The fourth-order valence-electron chi connectivity index (χ4n) is 3.97. The zero-order valence-electron chi connectivity index (χ0n) is 19.8. The van der Waals surface area contributed by atoms with Crippen LogP contribution in [0.2, 0.25) is 0 Å². The molecule has 1 fully saturated rings. The number of halogens is 1. The van der Waals surface area contributed by atoms with Crippen molar-refractivity contribution in [3.05, 3.63) is 70.2 Å². The van der Waals surface area contributed by atoms with Crippen molar-refractivity contribution in [1.82, 2.24) is 9.21 Å². The number of piperidine rings is 1. The molecule has 1 aliphatic rings. The normalized spacial score (nSPS) is 15.8. The maximum Gasteiger partial charge on any atom is 0.213 e. The van der Waals surface area contributed by atoms with Crippen LogP contribution in [0.5, 0.6) is 5.75 Å². The van der Waals surface area contributed by atoms with E-state index in [0.29, 0.717) is 12.2 Å². The summed E-state index contributed by atoms with van der Waals surface area (Å²) in [6.07, 6.45) is 6.01. The van der Waals surface area contributed by atoms with Gasteiger partial charge in [0, 0.05) is 29.7 Å². The van der Waals surface area contributed by atoms with Crippen LogP contribution in [0.25, 0.3) is 6.08 Å². The summed E-state index contributed by atoms with van der Waals surface area (Å²) in [7, 11) is -1.43. The first-order valence-electron chi connectivity index (χ1n) is 11.7. The molecule has 0 atom stereocenters. The lowest BCUT2D eigenvalue weighted by atomic mass is 10.1. The van der Waals surface area contributed by atoms with Gasteiger partial charge in [-0.3, -0.25) is 4.79 Å². The summed E-state index contributed by atoms with van der Waals surface area (Å²) >= 11 is 3.40. The van der Waals surface area contributed by atoms with Crippen molar-refractivity contribution in [2.75, 3.05) is 39.0 Å². The SMILES string of the molecule is CCS(=O)(=O)N(C)C1CCN(CCCOc2ccc(C(=O)C=Cc3ccc(Br)cc3)cc2)CC1. The van der Waals surface area contributed by atoms with E-state index in [1.165, 1.54) is 0 Å². The fraction of sp³-hybridized carbons (Fsp3) is 0.423. The molecular formula is C26H33BrN2O4S. The van der Waals surface area contributed by atoms with Crippen LogP contribution in [0.15, 0.2) is 59.1 Å². The maximum absolute atomic E-state index is 12.4. The van der Waals surface area contributed by atoms with Crippen LogP contribution >= 0.6 is 15.9 Å². The third-order valence-electron chi connectivity index (χ3n) is 6.20. The minimum atomic E-state index is -3.12. The van der Waals surface area contributed by atoms with Crippen LogP contribution in [0, 0.1) is 0 Å². The van der Waals surface area contributed by atoms with Gasteiger partial charge in [0.15, 0.2) is 5.78 Å². The average molecular weight is 550 g/mol. The highest BCUT2D eigenvalue weighted by Crippen LogP contribution is 2.19. The van der Waals surface area contributed by atoms with Crippen molar-refractivity contribution in [1.29, 1.82) is 0 Å². The molecule has 0 bridgehead atoms. The molecule has 8 heteroatoms. The molecular weight excluding hydrogens is 516 g/mol. The molecule has 0 spiro atoms. The Labute approximate surface area is 211 Å². The molecule has 0 unspecified atom stereocenters. The van der Waals surface area contributed by atoms with E-state index in [-0.39, 0.29) is 17.6 Å². The number of likely N-dealkylation sites (tertiary alicyclic amines) is 1. The number of hydrogen-bond acceptors (Lipinski definition) is 5. The monoisotopic (exact) mass is 548 g/mol. The molecule has 6 nitrogen and oxygen atoms in total. The summed E-state index contributed by atoms with van der Waals surface area (Å²) in [5, 5.41) is 0. The van der Waals surface area contributed by atoms with Crippen molar-refractivity contribution in [3.63, 3.8) is 0 Å². The summed E-state index contributed by atoms with van der Waals surface area (Å²) in [6.45, 7) is 5.02. The Kier molecular flexibility index (Phi) is 9.88. The molecule has 0 aliphatic carbocycles. The molecule has 3 rings (SSSR count). The van der Waals surface area contributed by atoms with Crippen molar-refractivity contribution in [2.24, 2.45) is 0 Å². The van der Waals surface area contributed by atoms with E-state index >= 15 is 0 Å². The van der Waals surface area contributed by atoms with Crippen LogP contribution in [0.3, 0.4) is 0 Å².